The van der Waals surface area contributed by atoms with Gasteiger partial charge < -0.3 is 20.4 Å². The molecule has 4 aromatic rings. The summed E-state index contributed by atoms with van der Waals surface area (Å²) in [5.74, 6) is -1.39. The van der Waals surface area contributed by atoms with Gasteiger partial charge in [0.05, 0.1) is 7.11 Å². The van der Waals surface area contributed by atoms with Gasteiger partial charge >= 0.3 is 5.97 Å². The average molecular weight is 470 g/mol. The Bertz CT molecular complexity index is 1300. The lowest BCUT2D eigenvalue weighted by atomic mass is 10.0. The first-order valence-corrected chi connectivity index (χ1v) is 11.4. The molecule has 0 fully saturated rings. The highest BCUT2D eigenvalue weighted by Gasteiger charge is 2.28. The monoisotopic (exact) mass is 469 g/mol. The van der Waals surface area contributed by atoms with Gasteiger partial charge in [0, 0.05) is 35.5 Å². The second-order valence-electron chi connectivity index (χ2n) is 8.23. The summed E-state index contributed by atoms with van der Waals surface area (Å²) in [6.45, 7) is 0. The minimum Gasteiger partial charge on any atom is -0.467 e. The SMILES string of the molecule is COC(=O)[C@H](Cc1ccccc1)NC(=O)[C@@H](Cc1c[nH]c2ccccc12)NC(=O)c1ccccc1. The third kappa shape index (κ3) is 5.95. The van der Waals surface area contributed by atoms with Crippen LogP contribution in [0, 0.1) is 0 Å². The molecule has 0 aliphatic heterocycles. The van der Waals surface area contributed by atoms with Gasteiger partial charge in [-0.05, 0) is 29.3 Å². The molecule has 0 radical (unpaired) electrons. The Morgan fingerprint density at radius 2 is 1.46 bits per heavy atom. The van der Waals surface area contributed by atoms with Crippen molar-refractivity contribution in [1.29, 1.82) is 0 Å². The van der Waals surface area contributed by atoms with E-state index < -0.39 is 24.0 Å². The van der Waals surface area contributed by atoms with E-state index in [9.17, 15) is 14.4 Å². The van der Waals surface area contributed by atoms with Crippen molar-refractivity contribution in [3.8, 4) is 0 Å². The van der Waals surface area contributed by atoms with Crippen molar-refractivity contribution in [3.63, 3.8) is 0 Å². The maximum atomic E-state index is 13.4. The number of hydrogen-bond acceptors (Lipinski definition) is 4. The summed E-state index contributed by atoms with van der Waals surface area (Å²) in [6, 6.07) is 24.0. The molecule has 0 aliphatic carbocycles. The molecular formula is C28H27N3O4. The highest BCUT2D eigenvalue weighted by molar-refractivity contribution is 5.98. The quantitative estimate of drug-likeness (QED) is 0.327. The number of H-pyrrole nitrogens is 1. The Labute approximate surface area is 203 Å². The Hall–Kier alpha value is -4.39. The number of rotatable bonds is 9. The molecule has 7 heteroatoms. The number of carbonyl (C=O) groups excluding carboxylic acids is 3. The van der Waals surface area contributed by atoms with E-state index >= 15 is 0 Å². The molecule has 0 aliphatic rings. The average Bonchev–Trinajstić information content (AvgIpc) is 3.31. The zero-order valence-corrected chi connectivity index (χ0v) is 19.4. The van der Waals surface area contributed by atoms with Crippen LogP contribution in [0.5, 0.6) is 0 Å². The van der Waals surface area contributed by atoms with Gasteiger partial charge in [0.1, 0.15) is 12.1 Å². The normalized spacial score (nSPS) is 12.5. The Kier molecular flexibility index (Phi) is 7.57. The molecule has 35 heavy (non-hydrogen) atoms. The third-order valence-corrected chi connectivity index (χ3v) is 5.84. The predicted octanol–water partition coefficient (Wildman–Crippen LogP) is 3.41. The molecule has 2 atom stereocenters. The molecule has 2 amide bonds. The number of methoxy groups -OCH3 is 1. The molecule has 3 aromatic carbocycles. The molecular weight excluding hydrogens is 442 g/mol. The lowest BCUT2D eigenvalue weighted by Crippen LogP contribution is -2.53. The summed E-state index contributed by atoms with van der Waals surface area (Å²) in [6.07, 6.45) is 2.35. The first-order chi connectivity index (χ1) is 17.0. The number of aromatic amines is 1. The molecule has 0 saturated heterocycles. The van der Waals surface area contributed by atoms with E-state index in [0.29, 0.717) is 5.56 Å². The number of carbonyl (C=O) groups is 3. The van der Waals surface area contributed by atoms with Gasteiger partial charge in [-0.25, -0.2) is 4.79 Å². The van der Waals surface area contributed by atoms with E-state index in [1.807, 2.05) is 66.9 Å². The number of aromatic nitrogens is 1. The van der Waals surface area contributed by atoms with Gasteiger partial charge in [-0.15, -0.1) is 0 Å². The van der Waals surface area contributed by atoms with Crippen molar-refractivity contribution >= 4 is 28.7 Å². The van der Waals surface area contributed by atoms with Crippen LogP contribution in [0.3, 0.4) is 0 Å². The third-order valence-electron chi connectivity index (χ3n) is 5.84. The molecule has 4 rings (SSSR count). The summed E-state index contributed by atoms with van der Waals surface area (Å²) in [5, 5.41) is 6.61. The number of ether oxygens (including phenoxy) is 1. The van der Waals surface area contributed by atoms with Gasteiger partial charge in [-0.1, -0.05) is 66.7 Å². The van der Waals surface area contributed by atoms with Gasteiger partial charge in [-0.2, -0.15) is 0 Å². The standard InChI is InChI=1S/C28H27N3O4/c1-35-28(34)25(16-19-10-4-2-5-11-19)31-27(33)24(30-26(32)20-12-6-3-7-13-20)17-21-18-29-23-15-9-8-14-22(21)23/h2-15,18,24-25,29H,16-17H2,1H3,(H,30,32)(H,31,33)/t24-,25+/m1/s1. The molecule has 0 unspecified atom stereocenters. The zero-order valence-electron chi connectivity index (χ0n) is 19.4. The molecule has 0 saturated carbocycles. The molecule has 178 valence electrons. The topological polar surface area (TPSA) is 100 Å². The lowest BCUT2D eigenvalue weighted by molar-refractivity contribution is -0.145. The van der Waals surface area contributed by atoms with Crippen LogP contribution in [0.1, 0.15) is 21.5 Å². The van der Waals surface area contributed by atoms with Crippen LogP contribution in [-0.2, 0) is 27.2 Å². The van der Waals surface area contributed by atoms with Crippen molar-refractivity contribution in [2.24, 2.45) is 0 Å². The van der Waals surface area contributed by atoms with Crippen molar-refractivity contribution in [2.75, 3.05) is 7.11 Å². The second kappa shape index (κ2) is 11.2. The fourth-order valence-corrected chi connectivity index (χ4v) is 4.02. The van der Waals surface area contributed by atoms with E-state index in [-0.39, 0.29) is 18.7 Å². The zero-order chi connectivity index (χ0) is 24.6. The van der Waals surface area contributed by atoms with Crippen molar-refractivity contribution in [3.05, 3.63) is 108 Å². The van der Waals surface area contributed by atoms with Crippen LogP contribution >= 0.6 is 0 Å². The molecule has 3 N–H and O–H groups in total. The number of hydrogen-bond donors (Lipinski definition) is 3. The van der Waals surface area contributed by atoms with E-state index in [2.05, 4.69) is 15.6 Å². The van der Waals surface area contributed by atoms with Crippen LogP contribution < -0.4 is 10.6 Å². The summed E-state index contributed by atoms with van der Waals surface area (Å²) in [4.78, 5) is 42.1. The smallest absolute Gasteiger partial charge is 0.328 e. The molecule has 1 aromatic heterocycles. The summed E-state index contributed by atoms with van der Waals surface area (Å²) in [5.41, 5.74) is 3.14. The number of esters is 1. The van der Waals surface area contributed by atoms with E-state index in [4.69, 9.17) is 4.74 Å². The lowest BCUT2D eigenvalue weighted by Gasteiger charge is -2.22. The van der Waals surface area contributed by atoms with Gasteiger partial charge in [0.25, 0.3) is 5.91 Å². The number of para-hydroxylation sites is 1. The molecule has 1 heterocycles. The summed E-state index contributed by atoms with van der Waals surface area (Å²) in [7, 11) is 1.28. The van der Waals surface area contributed by atoms with E-state index in [1.54, 1.807) is 24.3 Å². The molecule has 7 nitrogen and oxygen atoms in total. The van der Waals surface area contributed by atoms with Gasteiger partial charge in [0.15, 0.2) is 0 Å². The van der Waals surface area contributed by atoms with Crippen LogP contribution in [0.2, 0.25) is 0 Å². The Morgan fingerprint density at radius 1 is 0.800 bits per heavy atom. The summed E-state index contributed by atoms with van der Waals surface area (Å²) < 4.78 is 4.93. The van der Waals surface area contributed by atoms with Crippen LogP contribution in [0.15, 0.2) is 91.1 Å². The van der Waals surface area contributed by atoms with Gasteiger partial charge in [-0.3, -0.25) is 9.59 Å². The van der Waals surface area contributed by atoms with Crippen LogP contribution in [-0.4, -0.2) is 42.0 Å². The highest BCUT2D eigenvalue weighted by Crippen LogP contribution is 2.19. The van der Waals surface area contributed by atoms with Crippen molar-refractivity contribution in [1.82, 2.24) is 15.6 Å². The summed E-state index contributed by atoms with van der Waals surface area (Å²) >= 11 is 0. The second-order valence-corrected chi connectivity index (χ2v) is 8.23. The van der Waals surface area contributed by atoms with E-state index in [1.165, 1.54) is 7.11 Å². The minimum absolute atomic E-state index is 0.244. The number of benzene rings is 3. The maximum absolute atomic E-state index is 13.4. The van der Waals surface area contributed by atoms with Gasteiger partial charge in [0.2, 0.25) is 5.91 Å². The molecule has 0 bridgehead atoms. The molecule has 0 spiro atoms. The number of fused-ring (bicyclic) bond motifs is 1. The fraction of sp³-hybridized carbons (Fsp3) is 0.179. The Morgan fingerprint density at radius 3 is 2.17 bits per heavy atom. The fourth-order valence-electron chi connectivity index (χ4n) is 4.02. The first kappa shape index (κ1) is 23.8. The number of amides is 2. The van der Waals surface area contributed by atoms with E-state index in [0.717, 1.165) is 22.0 Å². The minimum atomic E-state index is -0.912. The highest BCUT2D eigenvalue weighted by atomic mass is 16.5. The van der Waals surface area contributed by atoms with Crippen LogP contribution in [0.4, 0.5) is 0 Å². The number of nitrogens with one attached hydrogen (secondary N) is 3. The maximum Gasteiger partial charge on any atom is 0.328 e. The van der Waals surface area contributed by atoms with Crippen molar-refractivity contribution < 1.29 is 19.1 Å². The van der Waals surface area contributed by atoms with Crippen molar-refractivity contribution in [2.45, 2.75) is 24.9 Å². The Balaban J connectivity index is 1.58. The van der Waals surface area contributed by atoms with Crippen LogP contribution in [0.25, 0.3) is 10.9 Å². The largest absolute Gasteiger partial charge is 0.467 e. The predicted molar refractivity (Wildman–Crippen MR) is 134 cm³/mol. The first-order valence-electron chi connectivity index (χ1n) is 11.4.